The molecule has 0 unspecified atom stereocenters. The molecule has 3 heterocycles. The van der Waals surface area contributed by atoms with Crippen molar-refractivity contribution in [3.8, 4) is 0 Å². The first kappa shape index (κ1) is 40.4. The number of hydrogen-bond donors (Lipinski definition) is 3. The van der Waals surface area contributed by atoms with Gasteiger partial charge in [-0.3, -0.25) is 9.59 Å². The number of aliphatic hydroxyl groups is 2. The van der Waals surface area contributed by atoms with Crippen molar-refractivity contribution in [2.45, 2.75) is 91.5 Å². The first-order chi connectivity index (χ1) is 28.6. The lowest BCUT2D eigenvalue weighted by Crippen LogP contribution is -2.38. The second-order valence-electron chi connectivity index (χ2n) is 17.3. The summed E-state index contributed by atoms with van der Waals surface area (Å²) in [5.74, 6) is -1.57. The lowest BCUT2D eigenvalue weighted by atomic mass is 9.76. The Morgan fingerprint density at radius 2 is 1.50 bits per heavy atom. The van der Waals surface area contributed by atoms with Gasteiger partial charge in [0.25, 0.3) is 0 Å². The SMILES string of the molecule is CCCCN1/C(=C/C2=C(O)C(=C/c3ccc4ccccc4[n+]3CCCC)/C2=O)C(C)(C)c2cc(C3=C(O)/C(=C/C4=[N+](CC)c5ccc(C(=O)O)cc5C4(C)C)C3=O)ccc21. The molecule has 60 heavy (non-hydrogen) atoms. The molecule has 0 amide bonds. The summed E-state index contributed by atoms with van der Waals surface area (Å²) in [5.41, 5.74) is 7.90. The minimum absolute atomic E-state index is 0.0181. The number of carboxylic acid groups (broad SMARTS) is 1. The van der Waals surface area contributed by atoms with Gasteiger partial charge in [0.15, 0.2) is 5.71 Å². The van der Waals surface area contributed by atoms with E-state index >= 15 is 0 Å². The fraction of sp³-hybridized carbons (Fsp3) is 0.314. The molecule has 4 aromatic rings. The van der Waals surface area contributed by atoms with Crippen LogP contribution in [-0.2, 0) is 27.0 Å². The Kier molecular flexibility index (Phi) is 10.1. The number of aliphatic hydroxyl groups excluding tert-OH is 2. The van der Waals surface area contributed by atoms with E-state index in [1.807, 2.05) is 75.4 Å². The zero-order chi connectivity index (χ0) is 42.8. The van der Waals surface area contributed by atoms with Crippen LogP contribution in [-0.4, -0.2) is 56.2 Å². The smallest absolute Gasteiger partial charge is 0.335 e. The Labute approximate surface area is 351 Å². The molecule has 0 radical (unpaired) electrons. The lowest BCUT2D eigenvalue weighted by Gasteiger charge is -2.29. The molecule has 4 aliphatic rings. The van der Waals surface area contributed by atoms with Gasteiger partial charge in [0, 0.05) is 71.1 Å². The van der Waals surface area contributed by atoms with Crippen LogP contribution in [0.2, 0.25) is 0 Å². The standard InChI is InChI=1S/C51H51N3O6/c1-8-11-23-53-33(20-17-30-15-13-14-16-39(30)53)27-34-45(55)35(46(34)56)28-43-51(6,7)37-25-31(18-21-41(37)54(43)24-12-9-2)44-47(57)36(48(44)58)29-42-50(4,5)38-26-32(49(59)60)19-22-40(38)52(42)10-3/h13-22,25-29H,8-12,23-24H2,1-7H3,(H-2,55,56,57,58,59,60)/p+2. The Morgan fingerprint density at radius 3 is 2.18 bits per heavy atom. The van der Waals surface area contributed by atoms with Crippen molar-refractivity contribution in [1.82, 2.24) is 0 Å². The van der Waals surface area contributed by atoms with Crippen molar-refractivity contribution in [1.29, 1.82) is 0 Å². The molecule has 0 saturated heterocycles. The number of unbranched alkanes of at least 4 members (excludes halogenated alkanes) is 2. The van der Waals surface area contributed by atoms with Gasteiger partial charge in [-0.05, 0) is 80.8 Å². The average Bonchev–Trinajstić information content (AvgIpc) is 3.58. The van der Waals surface area contributed by atoms with E-state index in [1.54, 1.807) is 24.3 Å². The quantitative estimate of drug-likeness (QED) is 0.0963. The normalized spacial score (nSPS) is 19.9. The number of carboxylic acids is 1. The molecular formula is C51H53N3O6+2. The molecule has 3 N–H and O–H groups in total. The van der Waals surface area contributed by atoms with E-state index < -0.39 is 16.8 Å². The molecule has 8 rings (SSSR count). The number of hydrogen-bond acceptors (Lipinski definition) is 6. The van der Waals surface area contributed by atoms with Crippen LogP contribution in [0.15, 0.2) is 119 Å². The summed E-state index contributed by atoms with van der Waals surface area (Å²) >= 11 is 0. The number of fused-ring (bicyclic) bond motifs is 3. The summed E-state index contributed by atoms with van der Waals surface area (Å²) in [6.07, 6.45) is 9.26. The Hall–Kier alpha value is -6.35. The zero-order valence-corrected chi connectivity index (χ0v) is 35.5. The summed E-state index contributed by atoms with van der Waals surface area (Å²) in [5, 5.41) is 33.8. The van der Waals surface area contributed by atoms with Crippen LogP contribution in [0.5, 0.6) is 0 Å². The average molecular weight is 804 g/mol. The third-order valence-electron chi connectivity index (χ3n) is 12.9. The fourth-order valence-corrected chi connectivity index (χ4v) is 9.38. The van der Waals surface area contributed by atoms with E-state index in [-0.39, 0.29) is 45.4 Å². The minimum atomic E-state index is -1.00. The molecule has 0 atom stereocenters. The Bertz CT molecular complexity index is 2760. The topological polar surface area (TPSA) is 122 Å². The van der Waals surface area contributed by atoms with Gasteiger partial charge in [-0.2, -0.15) is 9.14 Å². The minimum Gasteiger partial charge on any atom is -0.506 e. The van der Waals surface area contributed by atoms with Gasteiger partial charge >= 0.3 is 5.97 Å². The van der Waals surface area contributed by atoms with Gasteiger partial charge in [0.1, 0.15) is 24.6 Å². The predicted octanol–water partition coefficient (Wildman–Crippen LogP) is 9.76. The number of allylic oxidation sites excluding steroid dienone is 7. The maximum Gasteiger partial charge on any atom is 0.335 e. The van der Waals surface area contributed by atoms with E-state index in [0.29, 0.717) is 24.2 Å². The van der Waals surface area contributed by atoms with Crippen molar-refractivity contribution in [2.75, 3.05) is 18.0 Å². The molecule has 9 heteroatoms. The highest BCUT2D eigenvalue weighted by Gasteiger charge is 2.48. The highest BCUT2D eigenvalue weighted by atomic mass is 16.4. The Balaban J connectivity index is 1.14. The van der Waals surface area contributed by atoms with Crippen LogP contribution in [0.4, 0.5) is 11.4 Å². The number of nitrogens with zero attached hydrogens (tertiary/aromatic N) is 3. The zero-order valence-electron chi connectivity index (χ0n) is 35.5. The van der Waals surface area contributed by atoms with Gasteiger partial charge in [0.2, 0.25) is 28.5 Å². The van der Waals surface area contributed by atoms with Crippen molar-refractivity contribution in [3.63, 3.8) is 0 Å². The number of aryl methyl sites for hydroxylation is 1. The van der Waals surface area contributed by atoms with Crippen LogP contribution < -0.4 is 9.47 Å². The van der Waals surface area contributed by atoms with Crippen molar-refractivity contribution >= 4 is 57.2 Å². The van der Waals surface area contributed by atoms with Crippen LogP contribution in [0.1, 0.15) is 107 Å². The van der Waals surface area contributed by atoms with Crippen LogP contribution in [0.3, 0.4) is 0 Å². The highest BCUT2D eigenvalue weighted by molar-refractivity contribution is 6.40. The van der Waals surface area contributed by atoms with E-state index in [4.69, 9.17) is 0 Å². The number of carbonyl (C=O) groups excluding carboxylic acids is 2. The summed E-state index contributed by atoms with van der Waals surface area (Å²) < 4.78 is 4.28. The number of carbonyl (C=O) groups is 3. The van der Waals surface area contributed by atoms with Gasteiger partial charge in [0.05, 0.1) is 33.3 Å². The monoisotopic (exact) mass is 803 g/mol. The first-order valence-electron chi connectivity index (χ1n) is 21.1. The second-order valence-corrected chi connectivity index (χ2v) is 17.3. The van der Waals surface area contributed by atoms with E-state index in [9.17, 15) is 29.7 Å². The first-order valence-corrected chi connectivity index (χ1v) is 21.1. The number of benzene rings is 3. The van der Waals surface area contributed by atoms with Crippen molar-refractivity contribution in [3.05, 3.63) is 147 Å². The summed E-state index contributed by atoms with van der Waals surface area (Å²) in [4.78, 5) is 41.9. The van der Waals surface area contributed by atoms with Crippen LogP contribution in [0, 0.1) is 0 Å². The predicted molar refractivity (Wildman–Crippen MR) is 236 cm³/mol. The molecule has 306 valence electrons. The number of para-hydroxylation sites is 1. The number of pyridine rings is 1. The third-order valence-corrected chi connectivity index (χ3v) is 12.9. The highest BCUT2D eigenvalue weighted by Crippen LogP contribution is 2.51. The molecule has 0 spiro atoms. The van der Waals surface area contributed by atoms with Crippen molar-refractivity contribution < 1.29 is 38.8 Å². The van der Waals surface area contributed by atoms with Crippen molar-refractivity contribution in [2.24, 2.45) is 0 Å². The van der Waals surface area contributed by atoms with Gasteiger partial charge < -0.3 is 20.2 Å². The van der Waals surface area contributed by atoms with Gasteiger partial charge in [-0.15, -0.1) is 0 Å². The summed E-state index contributed by atoms with van der Waals surface area (Å²) in [7, 11) is 0. The maximum absolute atomic E-state index is 14.0. The van der Waals surface area contributed by atoms with E-state index in [0.717, 1.165) is 82.7 Å². The van der Waals surface area contributed by atoms with Gasteiger partial charge in [-0.25, -0.2) is 4.79 Å². The number of aromatic carboxylic acids is 1. The van der Waals surface area contributed by atoms with Crippen LogP contribution >= 0.6 is 0 Å². The molecular weight excluding hydrogens is 751 g/mol. The molecule has 1 aromatic heterocycles. The molecule has 3 aromatic carbocycles. The largest absolute Gasteiger partial charge is 0.506 e. The van der Waals surface area contributed by atoms with E-state index in [1.165, 1.54) is 0 Å². The Morgan fingerprint density at radius 1 is 0.767 bits per heavy atom. The fourth-order valence-electron chi connectivity index (χ4n) is 9.38. The molecule has 0 saturated carbocycles. The number of rotatable bonds is 12. The van der Waals surface area contributed by atoms with Gasteiger partial charge in [-0.1, -0.05) is 58.7 Å². The molecule has 0 fully saturated rings. The molecule has 2 aliphatic heterocycles. The third kappa shape index (κ3) is 6.25. The molecule has 0 bridgehead atoms. The van der Waals surface area contributed by atoms with E-state index in [2.05, 4.69) is 53.9 Å². The lowest BCUT2D eigenvalue weighted by molar-refractivity contribution is -0.673. The summed E-state index contributed by atoms with van der Waals surface area (Å²) in [6, 6.07) is 23.2. The van der Waals surface area contributed by atoms with Crippen LogP contribution in [0.25, 0.3) is 22.6 Å². The molecule has 9 nitrogen and oxygen atoms in total. The second kappa shape index (κ2) is 15.0. The number of Topliss-reactive ketones (excluding diaryl/α,β-unsaturated/α-hetero) is 2. The number of aromatic nitrogens is 1. The maximum atomic E-state index is 14.0. The molecule has 2 aliphatic carbocycles. The number of ketones is 2. The summed E-state index contributed by atoms with van der Waals surface area (Å²) in [6.45, 7) is 16.6. The number of anilines is 1.